The molecular formula is C15H23N3S. The van der Waals surface area contributed by atoms with Crippen molar-refractivity contribution in [1.82, 2.24) is 15.3 Å². The molecule has 0 aliphatic heterocycles. The number of fused-ring (bicyclic) bond motifs is 1. The standard InChI is InChI=1S/C15H23N3S/c1-4-7-16-9-12(3)10-19-15-17-13-6-5-11(2)8-14(13)18-15/h5-6,8,12,16H,4,7,9-10H2,1-3H3,(H,17,18). The van der Waals surface area contributed by atoms with Crippen LogP contribution in [0.15, 0.2) is 23.4 Å². The third-order valence-electron chi connectivity index (χ3n) is 3.04. The predicted octanol–water partition coefficient (Wildman–Crippen LogP) is 3.60. The van der Waals surface area contributed by atoms with Gasteiger partial charge in [-0.15, -0.1) is 0 Å². The van der Waals surface area contributed by atoms with Gasteiger partial charge in [0, 0.05) is 5.75 Å². The minimum atomic E-state index is 0.659. The van der Waals surface area contributed by atoms with E-state index >= 15 is 0 Å². The number of rotatable bonds is 7. The molecule has 1 aromatic carbocycles. The molecule has 2 rings (SSSR count). The molecule has 0 aliphatic carbocycles. The number of thioether (sulfide) groups is 1. The fourth-order valence-corrected chi connectivity index (χ4v) is 2.88. The molecule has 2 aromatic rings. The van der Waals surface area contributed by atoms with E-state index in [9.17, 15) is 0 Å². The maximum atomic E-state index is 4.61. The van der Waals surface area contributed by atoms with Gasteiger partial charge in [-0.1, -0.05) is 31.7 Å². The summed E-state index contributed by atoms with van der Waals surface area (Å²) >= 11 is 1.81. The molecule has 19 heavy (non-hydrogen) atoms. The molecular weight excluding hydrogens is 254 g/mol. The lowest BCUT2D eigenvalue weighted by Gasteiger charge is -2.10. The highest BCUT2D eigenvalue weighted by molar-refractivity contribution is 7.99. The summed E-state index contributed by atoms with van der Waals surface area (Å²) in [5, 5.41) is 4.49. The zero-order chi connectivity index (χ0) is 13.7. The van der Waals surface area contributed by atoms with E-state index < -0.39 is 0 Å². The highest BCUT2D eigenvalue weighted by atomic mass is 32.2. The molecule has 3 nitrogen and oxygen atoms in total. The Balaban J connectivity index is 1.87. The number of aromatic amines is 1. The second kappa shape index (κ2) is 6.96. The maximum Gasteiger partial charge on any atom is 0.166 e. The average Bonchev–Trinajstić information content (AvgIpc) is 2.78. The molecule has 0 spiro atoms. The molecule has 2 N–H and O–H groups in total. The van der Waals surface area contributed by atoms with Crippen LogP contribution in [0.25, 0.3) is 11.0 Å². The average molecular weight is 277 g/mol. The van der Waals surface area contributed by atoms with Crippen LogP contribution in [0.4, 0.5) is 0 Å². The Morgan fingerprint density at radius 1 is 1.42 bits per heavy atom. The fourth-order valence-electron chi connectivity index (χ4n) is 1.97. The molecule has 1 aromatic heterocycles. The molecule has 1 heterocycles. The van der Waals surface area contributed by atoms with Crippen molar-refractivity contribution in [2.24, 2.45) is 5.92 Å². The molecule has 4 heteroatoms. The zero-order valence-corrected chi connectivity index (χ0v) is 12.8. The topological polar surface area (TPSA) is 40.7 Å². The SMILES string of the molecule is CCCNCC(C)CSc1nc2ccc(C)cc2[nH]1. The number of aromatic nitrogens is 2. The van der Waals surface area contributed by atoms with E-state index in [0.717, 1.165) is 35.0 Å². The summed E-state index contributed by atoms with van der Waals surface area (Å²) in [6, 6.07) is 6.34. The molecule has 1 atom stereocenters. The summed E-state index contributed by atoms with van der Waals surface area (Å²) in [6.45, 7) is 8.78. The first-order valence-corrected chi connectivity index (χ1v) is 7.97. The lowest BCUT2D eigenvalue weighted by Crippen LogP contribution is -2.23. The molecule has 0 radical (unpaired) electrons. The van der Waals surface area contributed by atoms with Gasteiger partial charge in [0.25, 0.3) is 0 Å². The largest absolute Gasteiger partial charge is 0.333 e. The number of nitrogens with zero attached hydrogens (tertiary/aromatic N) is 1. The van der Waals surface area contributed by atoms with Crippen LogP contribution >= 0.6 is 11.8 Å². The van der Waals surface area contributed by atoms with Crippen LogP contribution in [0, 0.1) is 12.8 Å². The number of hydrogen-bond acceptors (Lipinski definition) is 3. The summed E-state index contributed by atoms with van der Waals surface area (Å²) in [5.74, 6) is 1.75. The number of H-pyrrole nitrogens is 1. The lowest BCUT2D eigenvalue weighted by atomic mass is 10.2. The van der Waals surface area contributed by atoms with Crippen molar-refractivity contribution in [3.8, 4) is 0 Å². The Morgan fingerprint density at radius 3 is 3.05 bits per heavy atom. The molecule has 0 saturated heterocycles. The van der Waals surface area contributed by atoms with Gasteiger partial charge >= 0.3 is 0 Å². The molecule has 104 valence electrons. The summed E-state index contributed by atoms with van der Waals surface area (Å²) < 4.78 is 0. The van der Waals surface area contributed by atoms with Crippen molar-refractivity contribution in [2.75, 3.05) is 18.8 Å². The molecule has 0 fully saturated rings. The van der Waals surface area contributed by atoms with Gasteiger partial charge in [-0.05, 0) is 50.0 Å². The Hall–Kier alpha value is -1.00. The first-order chi connectivity index (χ1) is 9.19. The number of hydrogen-bond donors (Lipinski definition) is 2. The van der Waals surface area contributed by atoms with Crippen LogP contribution in [-0.2, 0) is 0 Å². The van der Waals surface area contributed by atoms with Gasteiger partial charge in [-0.2, -0.15) is 0 Å². The van der Waals surface area contributed by atoms with Crippen LogP contribution in [0.2, 0.25) is 0 Å². The summed E-state index contributed by atoms with van der Waals surface area (Å²) in [7, 11) is 0. The van der Waals surface area contributed by atoms with Crippen LogP contribution in [0.3, 0.4) is 0 Å². The molecule has 0 aliphatic rings. The van der Waals surface area contributed by atoms with Crippen LogP contribution in [-0.4, -0.2) is 28.8 Å². The van der Waals surface area contributed by atoms with Crippen molar-refractivity contribution in [3.63, 3.8) is 0 Å². The first-order valence-electron chi connectivity index (χ1n) is 6.99. The van der Waals surface area contributed by atoms with E-state index in [1.165, 1.54) is 12.0 Å². The van der Waals surface area contributed by atoms with Crippen molar-refractivity contribution in [1.29, 1.82) is 0 Å². The van der Waals surface area contributed by atoms with Crippen molar-refractivity contribution in [3.05, 3.63) is 23.8 Å². The van der Waals surface area contributed by atoms with Crippen LogP contribution in [0.5, 0.6) is 0 Å². The highest BCUT2D eigenvalue weighted by Crippen LogP contribution is 2.21. The molecule has 0 amide bonds. The number of nitrogens with one attached hydrogen (secondary N) is 2. The third kappa shape index (κ3) is 4.25. The Bertz CT molecular complexity index is 521. The summed E-state index contributed by atoms with van der Waals surface area (Å²) in [4.78, 5) is 8.00. The normalized spacial score (nSPS) is 13.0. The van der Waals surface area contributed by atoms with Gasteiger partial charge in [0.15, 0.2) is 5.16 Å². The van der Waals surface area contributed by atoms with E-state index in [4.69, 9.17) is 0 Å². The van der Waals surface area contributed by atoms with Gasteiger partial charge in [-0.25, -0.2) is 4.98 Å². The minimum absolute atomic E-state index is 0.659. The van der Waals surface area contributed by atoms with Crippen molar-refractivity contribution in [2.45, 2.75) is 32.3 Å². The van der Waals surface area contributed by atoms with Crippen molar-refractivity contribution < 1.29 is 0 Å². The summed E-state index contributed by atoms with van der Waals surface area (Å²) in [5.41, 5.74) is 3.47. The van der Waals surface area contributed by atoms with Crippen molar-refractivity contribution >= 4 is 22.8 Å². The van der Waals surface area contributed by atoms with Crippen LogP contribution in [0.1, 0.15) is 25.8 Å². The first kappa shape index (κ1) is 14.4. The quantitative estimate of drug-likeness (QED) is 0.600. The van der Waals surface area contributed by atoms with Crippen LogP contribution < -0.4 is 5.32 Å². The van der Waals surface area contributed by atoms with E-state index in [0.29, 0.717) is 5.92 Å². The van der Waals surface area contributed by atoms with E-state index in [1.54, 1.807) is 0 Å². The van der Waals surface area contributed by atoms with Gasteiger partial charge in [0.1, 0.15) is 0 Å². The lowest BCUT2D eigenvalue weighted by molar-refractivity contribution is 0.557. The Labute approximate surface area is 119 Å². The summed E-state index contributed by atoms with van der Waals surface area (Å²) in [6.07, 6.45) is 1.20. The second-order valence-corrected chi connectivity index (χ2v) is 6.19. The van der Waals surface area contributed by atoms with Gasteiger partial charge in [0.2, 0.25) is 0 Å². The molecule has 0 bridgehead atoms. The van der Waals surface area contributed by atoms with Gasteiger partial charge in [-0.3, -0.25) is 0 Å². The van der Waals surface area contributed by atoms with E-state index in [-0.39, 0.29) is 0 Å². The fraction of sp³-hybridized carbons (Fsp3) is 0.533. The number of benzene rings is 1. The molecule has 1 unspecified atom stereocenters. The zero-order valence-electron chi connectivity index (χ0n) is 12.0. The highest BCUT2D eigenvalue weighted by Gasteiger charge is 2.06. The predicted molar refractivity (Wildman–Crippen MR) is 83.9 cm³/mol. The Morgan fingerprint density at radius 2 is 2.26 bits per heavy atom. The number of imidazole rings is 1. The van der Waals surface area contributed by atoms with E-state index in [1.807, 2.05) is 11.8 Å². The maximum absolute atomic E-state index is 4.61. The minimum Gasteiger partial charge on any atom is -0.333 e. The smallest absolute Gasteiger partial charge is 0.166 e. The van der Waals surface area contributed by atoms with E-state index in [2.05, 4.69) is 54.3 Å². The van der Waals surface area contributed by atoms with Gasteiger partial charge < -0.3 is 10.3 Å². The molecule has 0 saturated carbocycles. The number of aryl methyl sites for hydroxylation is 1. The van der Waals surface area contributed by atoms with Gasteiger partial charge in [0.05, 0.1) is 11.0 Å². The monoisotopic (exact) mass is 277 g/mol. The Kier molecular flexibility index (Phi) is 5.28. The third-order valence-corrected chi connectivity index (χ3v) is 4.24. The second-order valence-electron chi connectivity index (χ2n) is 5.18.